The van der Waals surface area contributed by atoms with Crippen LogP contribution in [0.4, 0.5) is 0 Å². The van der Waals surface area contributed by atoms with Crippen LogP contribution in [0, 0.1) is 0 Å². The molecule has 3 aromatic rings. The first kappa shape index (κ1) is 19.2. The number of carbonyl (C=O) groups is 1. The molecule has 148 valence electrons. The lowest BCUT2D eigenvalue weighted by molar-refractivity contribution is 0.0650. The number of aromatic nitrogens is 2. The van der Waals surface area contributed by atoms with Crippen LogP contribution in [0.2, 0.25) is 0 Å². The number of piperazine rings is 1. The van der Waals surface area contributed by atoms with Gasteiger partial charge in [-0.3, -0.25) is 14.4 Å². The Morgan fingerprint density at radius 3 is 2.34 bits per heavy atom. The topological polar surface area (TPSA) is 41.4 Å². The van der Waals surface area contributed by atoms with Gasteiger partial charge < -0.3 is 4.90 Å². The van der Waals surface area contributed by atoms with Gasteiger partial charge in [0, 0.05) is 38.9 Å². The van der Waals surface area contributed by atoms with Crippen molar-refractivity contribution in [3.05, 3.63) is 95.8 Å². The smallest absolute Gasteiger partial charge is 0.257 e. The first-order chi connectivity index (χ1) is 14.3. The highest BCUT2D eigenvalue weighted by Gasteiger charge is 2.22. The van der Waals surface area contributed by atoms with Gasteiger partial charge in [0.25, 0.3) is 5.91 Å². The van der Waals surface area contributed by atoms with E-state index < -0.39 is 0 Å². The summed E-state index contributed by atoms with van der Waals surface area (Å²) >= 11 is 0. The van der Waals surface area contributed by atoms with Gasteiger partial charge in [-0.15, -0.1) is 0 Å². The van der Waals surface area contributed by atoms with Crippen molar-refractivity contribution in [2.24, 2.45) is 0 Å². The average Bonchev–Trinajstić information content (AvgIpc) is 3.24. The van der Waals surface area contributed by atoms with Gasteiger partial charge in [0.2, 0.25) is 0 Å². The molecule has 0 radical (unpaired) electrons. The SMILES string of the molecule is O=C(c1cnn(Cc2ccccc2)c1)N1CCN(CC=Cc2ccccc2)CC1. The molecule has 1 fully saturated rings. The highest BCUT2D eigenvalue weighted by atomic mass is 16.2. The molecule has 0 bridgehead atoms. The van der Waals surface area contributed by atoms with Crippen LogP contribution in [0.3, 0.4) is 0 Å². The predicted molar refractivity (Wildman–Crippen MR) is 116 cm³/mol. The van der Waals surface area contributed by atoms with Gasteiger partial charge in [0.05, 0.1) is 18.3 Å². The van der Waals surface area contributed by atoms with E-state index >= 15 is 0 Å². The minimum Gasteiger partial charge on any atom is -0.336 e. The molecule has 4 rings (SSSR count). The van der Waals surface area contributed by atoms with E-state index in [0.717, 1.165) is 32.7 Å². The fourth-order valence-corrected chi connectivity index (χ4v) is 3.55. The number of amides is 1. The Hall–Kier alpha value is -3.18. The molecule has 0 atom stereocenters. The van der Waals surface area contributed by atoms with E-state index in [1.54, 1.807) is 6.20 Å². The molecule has 0 aliphatic carbocycles. The Morgan fingerprint density at radius 2 is 1.62 bits per heavy atom. The first-order valence-corrected chi connectivity index (χ1v) is 10.1. The number of nitrogens with zero attached hydrogens (tertiary/aromatic N) is 4. The number of rotatable bonds is 6. The third kappa shape index (κ3) is 5.21. The second-order valence-electron chi connectivity index (χ2n) is 7.32. The van der Waals surface area contributed by atoms with Gasteiger partial charge in [-0.25, -0.2) is 0 Å². The number of hydrogen-bond donors (Lipinski definition) is 0. The van der Waals surface area contributed by atoms with Crippen LogP contribution >= 0.6 is 0 Å². The molecule has 0 unspecified atom stereocenters. The zero-order valence-electron chi connectivity index (χ0n) is 16.5. The molecule has 1 aliphatic rings. The van der Waals surface area contributed by atoms with Gasteiger partial charge in [0.1, 0.15) is 0 Å². The molecule has 2 aromatic carbocycles. The van der Waals surface area contributed by atoms with E-state index in [1.165, 1.54) is 11.1 Å². The maximum absolute atomic E-state index is 12.8. The van der Waals surface area contributed by atoms with Gasteiger partial charge in [-0.05, 0) is 11.1 Å². The van der Waals surface area contributed by atoms with Crippen molar-refractivity contribution in [2.75, 3.05) is 32.7 Å². The number of hydrogen-bond acceptors (Lipinski definition) is 3. The Labute approximate surface area is 171 Å². The van der Waals surface area contributed by atoms with Crippen molar-refractivity contribution in [3.8, 4) is 0 Å². The lowest BCUT2D eigenvalue weighted by Crippen LogP contribution is -2.48. The van der Waals surface area contributed by atoms with Crippen LogP contribution < -0.4 is 0 Å². The highest BCUT2D eigenvalue weighted by molar-refractivity contribution is 5.93. The zero-order chi connectivity index (χ0) is 19.9. The summed E-state index contributed by atoms with van der Waals surface area (Å²) in [4.78, 5) is 17.1. The maximum atomic E-state index is 12.8. The van der Waals surface area contributed by atoms with E-state index in [-0.39, 0.29) is 5.91 Å². The monoisotopic (exact) mass is 386 g/mol. The summed E-state index contributed by atoms with van der Waals surface area (Å²) < 4.78 is 1.83. The molecule has 1 aliphatic heterocycles. The predicted octanol–water partition coefficient (Wildman–Crippen LogP) is 3.40. The number of benzene rings is 2. The van der Waals surface area contributed by atoms with E-state index in [0.29, 0.717) is 12.1 Å². The summed E-state index contributed by atoms with van der Waals surface area (Å²) in [5, 5.41) is 4.36. The normalized spacial score (nSPS) is 15.1. The summed E-state index contributed by atoms with van der Waals surface area (Å²) in [6.07, 6.45) is 7.88. The fraction of sp³-hybridized carbons (Fsp3) is 0.250. The maximum Gasteiger partial charge on any atom is 0.257 e. The molecule has 0 N–H and O–H groups in total. The molecule has 0 spiro atoms. The van der Waals surface area contributed by atoms with Crippen molar-refractivity contribution >= 4 is 12.0 Å². The third-order valence-electron chi connectivity index (χ3n) is 5.20. The molecule has 29 heavy (non-hydrogen) atoms. The van der Waals surface area contributed by atoms with Crippen LogP contribution in [-0.4, -0.2) is 58.2 Å². The van der Waals surface area contributed by atoms with Crippen LogP contribution in [0.15, 0.2) is 79.1 Å². The van der Waals surface area contributed by atoms with E-state index in [1.807, 2.05) is 52.2 Å². The molecular weight excluding hydrogens is 360 g/mol. The largest absolute Gasteiger partial charge is 0.336 e. The van der Waals surface area contributed by atoms with Crippen molar-refractivity contribution in [2.45, 2.75) is 6.54 Å². The molecule has 2 heterocycles. The van der Waals surface area contributed by atoms with Crippen molar-refractivity contribution in [1.29, 1.82) is 0 Å². The van der Waals surface area contributed by atoms with Crippen molar-refractivity contribution in [1.82, 2.24) is 19.6 Å². The van der Waals surface area contributed by atoms with E-state index in [9.17, 15) is 4.79 Å². The molecule has 5 heteroatoms. The van der Waals surface area contributed by atoms with Crippen LogP contribution in [0.1, 0.15) is 21.5 Å². The summed E-state index contributed by atoms with van der Waals surface area (Å²) in [5.74, 6) is 0.0730. The van der Waals surface area contributed by atoms with Crippen LogP contribution in [-0.2, 0) is 6.54 Å². The lowest BCUT2D eigenvalue weighted by Gasteiger charge is -2.34. The van der Waals surface area contributed by atoms with Gasteiger partial charge in [0.15, 0.2) is 0 Å². The Balaban J connectivity index is 1.26. The average molecular weight is 386 g/mol. The first-order valence-electron chi connectivity index (χ1n) is 10.1. The second-order valence-corrected chi connectivity index (χ2v) is 7.32. The second kappa shape index (κ2) is 9.34. The minimum absolute atomic E-state index is 0.0730. The molecule has 5 nitrogen and oxygen atoms in total. The number of carbonyl (C=O) groups excluding carboxylic acids is 1. The van der Waals surface area contributed by atoms with Gasteiger partial charge in [-0.2, -0.15) is 5.10 Å². The van der Waals surface area contributed by atoms with E-state index in [2.05, 4.69) is 46.4 Å². The molecule has 1 aromatic heterocycles. The van der Waals surface area contributed by atoms with Crippen LogP contribution in [0.5, 0.6) is 0 Å². The summed E-state index contributed by atoms with van der Waals surface area (Å²) in [5.41, 5.74) is 3.05. The zero-order valence-corrected chi connectivity index (χ0v) is 16.5. The quantitative estimate of drug-likeness (QED) is 0.652. The van der Waals surface area contributed by atoms with Gasteiger partial charge in [-0.1, -0.05) is 72.8 Å². The van der Waals surface area contributed by atoms with E-state index in [4.69, 9.17) is 0 Å². The standard InChI is InChI=1S/C24H26N4O/c29-24(23-18-25-28(20-23)19-22-10-5-2-6-11-22)27-16-14-26(15-17-27)13-7-12-21-8-3-1-4-9-21/h1-12,18,20H,13-17,19H2. The Kier molecular flexibility index (Phi) is 6.17. The van der Waals surface area contributed by atoms with Crippen molar-refractivity contribution in [3.63, 3.8) is 0 Å². The third-order valence-corrected chi connectivity index (χ3v) is 5.20. The lowest BCUT2D eigenvalue weighted by atomic mass is 10.2. The summed E-state index contributed by atoms with van der Waals surface area (Å²) in [6, 6.07) is 20.5. The Bertz CT molecular complexity index is 941. The fourth-order valence-electron chi connectivity index (χ4n) is 3.55. The minimum atomic E-state index is 0.0730. The van der Waals surface area contributed by atoms with Crippen LogP contribution in [0.25, 0.3) is 6.08 Å². The summed E-state index contributed by atoms with van der Waals surface area (Å²) in [6.45, 7) is 4.87. The molecular formula is C24H26N4O. The molecule has 0 saturated carbocycles. The molecule has 1 saturated heterocycles. The van der Waals surface area contributed by atoms with Crippen molar-refractivity contribution < 1.29 is 4.79 Å². The van der Waals surface area contributed by atoms with Gasteiger partial charge >= 0.3 is 0 Å². The molecule has 1 amide bonds. The highest BCUT2D eigenvalue weighted by Crippen LogP contribution is 2.10. The Morgan fingerprint density at radius 1 is 0.931 bits per heavy atom. The summed E-state index contributed by atoms with van der Waals surface area (Å²) in [7, 11) is 0.